The molecule has 0 aliphatic heterocycles. The lowest BCUT2D eigenvalue weighted by Gasteiger charge is -2.10. The van der Waals surface area contributed by atoms with Crippen molar-refractivity contribution in [1.82, 2.24) is 4.98 Å². The normalized spacial score (nSPS) is 15.0. The van der Waals surface area contributed by atoms with Crippen molar-refractivity contribution in [3.8, 4) is 0 Å². The molecule has 1 aromatic carbocycles. The molecule has 2 aromatic rings. The van der Waals surface area contributed by atoms with E-state index in [9.17, 15) is 0 Å². The van der Waals surface area contributed by atoms with Crippen molar-refractivity contribution >= 4 is 16.7 Å². The highest BCUT2D eigenvalue weighted by atomic mass is 14.8. The number of pyridine rings is 1. The average Bonchev–Trinajstić information content (AvgIpc) is 2.81. The van der Waals surface area contributed by atoms with Crippen molar-refractivity contribution in [2.45, 2.75) is 5.92 Å². The van der Waals surface area contributed by atoms with E-state index in [4.69, 9.17) is 5.73 Å². The summed E-state index contributed by atoms with van der Waals surface area (Å²) in [7, 11) is 0. The van der Waals surface area contributed by atoms with Gasteiger partial charge in [0, 0.05) is 16.9 Å². The first-order chi connectivity index (χ1) is 7.84. The molecule has 0 saturated carbocycles. The minimum Gasteiger partial charge on any atom is -0.383 e. The quantitative estimate of drug-likeness (QED) is 0.782. The van der Waals surface area contributed by atoms with Crippen LogP contribution in [0.25, 0.3) is 10.9 Å². The van der Waals surface area contributed by atoms with E-state index in [2.05, 4.69) is 29.3 Å². The molecule has 0 radical (unpaired) electrons. The Morgan fingerprint density at radius 3 is 2.62 bits per heavy atom. The molecular weight excluding hydrogens is 196 g/mol. The number of aromatic nitrogens is 1. The highest BCUT2D eigenvalue weighted by Gasteiger charge is 2.12. The van der Waals surface area contributed by atoms with Gasteiger partial charge in [-0.2, -0.15) is 0 Å². The van der Waals surface area contributed by atoms with E-state index in [1.54, 1.807) is 0 Å². The number of para-hydroxylation sites is 1. The van der Waals surface area contributed by atoms with Crippen LogP contribution in [0.3, 0.4) is 0 Å². The molecule has 0 spiro atoms. The molecule has 3 rings (SSSR count). The van der Waals surface area contributed by atoms with E-state index in [1.807, 2.05) is 30.4 Å². The fourth-order valence-corrected chi connectivity index (χ4v) is 2.05. The van der Waals surface area contributed by atoms with Gasteiger partial charge < -0.3 is 5.73 Å². The van der Waals surface area contributed by atoms with Crippen molar-refractivity contribution in [3.63, 3.8) is 0 Å². The van der Waals surface area contributed by atoms with E-state index in [-0.39, 0.29) is 5.92 Å². The number of fused-ring (bicyclic) bond motifs is 1. The molecule has 1 aromatic heterocycles. The lowest BCUT2D eigenvalue weighted by molar-refractivity contribution is 1.09. The Kier molecular flexibility index (Phi) is 2.00. The summed E-state index contributed by atoms with van der Waals surface area (Å²) in [6.07, 6.45) is 8.34. The zero-order chi connectivity index (χ0) is 11.0. The van der Waals surface area contributed by atoms with Gasteiger partial charge in [0.2, 0.25) is 0 Å². The maximum Gasteiger partial charge on any atom is 0.128 e. The maximum atomic E-state index is 5.99. The molecule has 2 heteroatoms. The van der Waals surface area contributed by atoms with Gasteiger partial charge in [-0.1, -0.05) is 42.5 Å². The standard InChI is InChI=1S/C14H12N2/c15-14-12(10-5-1-2-6-10)9-11-7-3-4-8-13(11)16-14/h1-10H,(H2,15,16). The molecule has 0 saturated heterocycles. The zero-order valence-electron chi connectivity index (χ0n) is 8.80. The van der Waals surface area contributed by atoms with Crippen molar-refractivity contribution in [1.29, 1.82) is 0 Å². The molecule has 0 bridgehead atoms. The van der Waals surface area contributed by atoms with Gasteiger partial charge in [-0.3, -0.25) is 0 Å². The van der Waals surface area contributed by atoms with Crippen LogP contribution < -0.4 is 5.73 Å². The minimum absolute atomic E-state index is 0.275. The van der Waals surface area contributed by atoms with Gasteiger partial charge in [-0.25, -0.2) is 4.98 Å². The van der Waals surface area contributed by atoms with Crippen molar-refractivity contribution in [2.24, 2.45) is 0 Å². The predicted octanol–water partition coefficient (Wildman–Crippen LogP) is 3.03. The molecule has 1 aliphatic rings. The first-order valence-electron chi connectivity index (χ1n) is 5.35. The summed E-state index contributed by atoms with van der Waals surface area (Å²) in [5, 5.41) is 1.14. The van der Waals surface area contributed by atoms with Crippen LogP contribution in [0.15, 0.2) is 54.6 Å². The number of nitrogen functional groups attached to an aromatic ring is 1. The topological polar surface area (TPSA) is 38.9 Å². The average molecular weight is 208 g/mol. The van der Waals surface area contributed by atoms with Crippen LogP contribution in [0.5, 0.6) is 0 Å². The Balaban J connectivity index is 2.21. The summed E-state index contributed by atoms with van der Waals surface area (Å²) in [5.74, 6) is 0.900. The second-order valence-corrected chi connectivity index (χ2v) is 3.95. The van der Waals surface area contributed by atoms with Crippen molar-refractivity contribution < 1.29 is 0 Å². The molecular formula is C14H12N2. The largest absolute Gasteiger partial charge is 0.383 e. The van der Waals surface area contributed by atoms with Gasteiger partial charge in [-0.05, 0) is 12.1 Å². The van der Waals surface area contributed by atoms with Crippen LogP contribution in [0.2, 0.25) is 0 Å². The fourth-order valence-electron chi connectivity index (χ4n) is 2.05. The highest BCUT2D eigenvalue weighted by Crippen LogP contribution is 2.29. The number of hydrogen-bond donors (Lipinski definition) is 1. The SMILES string of the molecule is Nc1nc2ccccc2cc1C1C=CC=C1. The molecule has 0 unspecified atom stereocenters. The molecule has 1 heterocycles. The van der Waals surface area contributed by atoms with Crippen molar-refractivity contribution in [3.05, 3.63) is 60.2 Å². The molecule has 0 atom stereocenters. The third-order valence-electron chi connectivity index (χ3n) is 2.89. The second kappa shape index (κ2) is 3.49. The van der Waals surface area contributed by atoms with Gasteiger partial charge in [-0.15, -0.1) is 0 Å². The first kappa shape index (κ1) is 9.16. The monoisotopic (exact) mass is 208 g/mol. The van der Waals surface area contributed by atoms with Gasteiger partial charge in [0.1, 0.15) is 5.82 Å². The predicted molar refractivity (Wildman–Crippen MR) is 67.2 cm³/mol. The first-order valence-corrected chi connectivity index (χ1v) is 5.35. The molecule has 16 heavy (non-hydrogen) atoms. The lowest BCUT2D eigenvalue weighted by Crippen LogP contribution is -2.00. The van der Waals surface area contributed by atoms with Crippen LogP contribution in [0.4, 0.5) is 5.82 Å². The number of anilines is 1. The fraction of sp³-hybridized carbons (Fsp3) is 0.0714. The number of allylic oxidation sites excluding steroid dienone is 4. The molecule has 0 amide bonds. The second-order valence-electron chi connectivity index (χ2n) is 3.95. The molecule has 78 valence electrons. The van der Waals surface area contributed by atoms with Gasteiger partial charge in [0.25, 0.3) is 0 Å². The van der Waals surface area contributed by atoms with Crippen LogP contribution in [-0.4, -0.2) is 4.98 Å². The summed E-state index contributed by atoms with van der Waals surface area (Å²) in [4.78, 5) is 4.43. The molecule has 0 fully saturated rings. The van der Waals surface area contributed by atoms with Gasteiger partial charge >= 0.3 is 0 Å². The van der Waals surface area contributed by atoms with E-state index in [0.29, 0.717) is 5.82 Å². The Labute approximate surface area is 94.1 Å². The number of nitrogens with zero attached hydrogens (tertiary/aromatic N) is 1. The van der Waals surface area contributed by atoms with E-state index in [0.717, 1.165) is 16.5 Å². The highest BCUT2D eigenvalue weighted by molar-refractivity contribution is 5.81. The van der Waals surface area contributed by atoms with Crippen LogP contribution in [-0.2, 0) is 0 Å². The third-order valence-corrected chi connectivity index (χ3v) is 2.89. The van der Waals surface area contributed by atoms with Gasteiger partial charge in [0.05, 0.1) is 5.52 Å². The summed E-state index contributed by atoms with van der Waals surface area (Å²) in [5.41, 5.74) is 8.03. The minimum atomic E-state index is 0.275. The molecule has 1 aliphatic carbocycles. The Morgan fingerprint density at radius 1 is 1.06 bits per heavy atom. The number of nitrogens with two attached hydrogens (primary N) is 1. The van der Waals surface area contributed by atoms with E-state index >= 15 is 0 Å². The molecule has 2 nitrogen and oxygen atoms in total. The van der Waals surface area contributed by atoms with Gasteiger partial charge in [0.15, 0.2) is 0 Å². The maximum absolute atomic E-state index is 5.99. The molecule has 2 N–H and O–H groups in total. The Morgan fingerprint density at radius 2 is 1.81 bits per heavy atom. The van der Waals surface area contributed by atoms with E-state index < -0.39 is 0 Å². The zero-order valence-corrected chi connectivity index (χ0v) is 8.80. The summed E-state index contributed by atoms with van der Waals surface area (Å²) >= 11 is 0. The summed E-state index contributed by atoms with van der Waals surface area (Å²) in [6.45, 7) is 0. The lowest BCUT2D eigenvalue weighted by atomic mass is 10.00. The number of benzene rings is 1. The summed E-state index contributed by atoms with van der Waals surface area (Å²) in [6, 6.07) is 10.2. The third kappa shape index (κ3) is 1.39. The van der Waals surface area contributed by atoms with Crippen LogP contribution in [0, 0.1) is 0 Å². The summed E-state index contributed by atoms with van der Waals surface area (Å²) < 4.78 is 0. The van der Waals surface area contributed by atoms with Crippen LogP contribution in [0.1, 0.15) is 11.5 Å². The van der Waals surface area contributed by atoms with Crippen LogP contribution >= 0.6 is 0 Å². The van der Waals surface area contributed by atoms with E-state index in [1.165, 1.54) is 0 Å². The Bertz CT molecular complexity index is 585. The smallest absolute Gasteiger partial charge is 0.128 e. The Hall–Kier alpha value is -2.09. The number of hydrogen-bond acceptors (Lipinski definition) is 2. The number of rotatable bonds is 1. The van der Waals surface area contributed by atoms with Crippen molar-refractivity contribution in [2.75, 3.05) is 5.73 Å².